The van der Waals surface area contributed by atoms with Gasteiger partial charge in [0.15, 0.2) is 6.10 Å². The number of rotatable bonds is 5. The molecule has 0 radical (unpaired) electrons. The van der Waals surface area contributed by atoms with Gasteiger partial charge in [0.2, 0.25) is 5.88 Å². The molecule has 1 saturated heterocycles. The zero-order valence-corrected chi connectivity index (χ0v) is 13.8. The maximum atomic E-state index is 12.3. The number of ether oxygens (including phenoxy) is 3. The molecule has 8 nitrogen and oxygen atoms in total. The van der Waals surface area contributed by atoms with Crippen LogP contribution in [0.15, 0.2) is 6.07 Å². The van der Waals surface area contributed by atoms with Gasteiger partial charge in [-0.15, -0.1) is 0 Å². The Balaban J connectivity index is 1.72. The predicted molar refractivity (Wildman–Crippen MR) is 83.6 cm³/mol. The van der Waals surface area contributed by atoms with E-state index in [-0.39, 0.29) is 25.0 Å². The molecule has 0 saturated carbocycles. The minimum atomic E-state index is -0.607. The maximum absolute atomic E-state index is 12.3. The highest BCUT2D eigenvalue weighted by Crippen LogP contribution is 2.26. The standard InChI is InChI=1S/C16H21N3O5/c1-3-19-8-12-11(16(19)21)6-10(15(18-12)22-2)7-17-14(20)13-9-23-4-5-24-13/h6,13H,3-5,7-9H2,1-2H3,(H,17,20)/t13-/m1/s1. The van der Waals surface area contributed by atoms with Gasteiger partial charge in [0, 0.05) is 18.7 Å². The summed E-state index contributed by atoms with van der Waals surface area (Å²) in [6.45, 7) is 4.40. The largest absolute Gasteiger partial charge is 0.481 e. The molecule has 1 fully saturated rings. The second-order valence-electron chi connectivity index (χ2n) is 5.62. The molecule has 0 aliphatic carbocycles. The Kier molecular flexibility index (Phi) is 4.96. The maximum Gasteiger partial charge on any atom is 0.256 e. The molecule has 1 atom stereocenters. The lowest BCUT2D eigenvalue weighted by atomic mass is 10.1. The molecule has 130 valence electrons. The minimum absolute atomic E-state index is 0.0424. The minimum Gasteiger partial charge on any atom is -0.481 e. The molecule has 0 spiro atoms. The average Bonchev–Trinajstić information content (AvgIpc) is 2.94. The van der Waals surface area contributed by atoms with Gasteiger partial charge >= 0.3 is 0 Å². The van der Waals surface area contributed by atoms with Gasteiger partial charge in [-0.3, -0.25) is 9.59 Å². The van der Waals surface area contributed by atoms with E-state index in [0.717, 1.165) is 0 Å². The van der Waals surface area contributed by atoms with E-state index in [9.17, 15) is 9.59 Å². The molecule has 3 heterocycles. The van der Waals surface area contributed by atoms with Gasteiger partial charge in [-0.05, 0) is 13.0 Å². The van der Waals surface area contributed by atoms with E-state index in [0.29, 0.717) is 49.0 Å². The quantitative estimate of drug-likeness (QED) is 0.821. The monoisotopic (exact) mass is 335 g/mol. The van der Waals surface area contributed by atoms with Crippen molar-refractivity contribution in [1.29, 1.82) is 0 Å². The van der Waals surface area contributed by atoms with Crippen molar-refractivity contribution in [1.82, 2.24) is 15.2 Å². The molecule has 1 N–H and O–H groups in total. The molecule has 2 aliphatic rings. The number of carbonyl (C=O) groups is 2. The van der Waals surface area contributed by atoms with Crippen LogP contribution in [0.2, 0.25) is 0 Å². The fraction of sp³-hybridized carbons (Fsp3) is 0.562. The molecular weight excluding hydrogens is 314 g/mol. The molecule has 3 rings (SSSR count). The van der Waals surface area contributed by atoms with Crippen LogP contribution in [0, 0.1) is 0 Å². The van der Waals surface area contributed by atoms with Crippen molar-refractivity contribution in [2.24, 2.45) is 0 Å². The smallest absolute Gasteiger partial charge is 0.256 e. The molecule has 2 amide bonds. The fourth-order valence-corrected chi connectivity index (χ4v) is 2.80. The lowest BCUT2D eigenvalue weighted by Crippen LogP contribution is -2.42. The van der Waals surface area contributed by atoms with Crippen LogP contribution in [0.1, 0.15) is 28.5 Å². The SMILES string of the molecule is CCN1Cc2nc(OC)c(CNC(=O)[C@H]3COCCO3)cc2C1=O. The number of hydrogen-bond donors (Lipinski definition) is 1. The number of nitrogens with zero attached hydrogens (tertiary/aromatic N) is 2. The van der Waals surface area contributed by atoms with E-state index < -0.39 is 6.10 Å². The summed E-state index contributed by atoms with van der Waals surface area (Å²) < 4.78 is 15.9. The van der Waals surface area contributed by atoms with Gasteiger partial charge in [-0.1, -0.05) is 0 Å². The van der Waals surface area contributed by atoms with Gasteiger partial charge < -0.3 is 24.4 Å². The Bertz CT molecular complexity index is 643. The highest BCUT2D eigenvalue weighted by atomic mass is 16.6. The molecule has 1 aromatic rings. The molecular formula is C16H21N3O5. The molecule has 24 heavy (non-hydrogen) atoms. The molecule has 8 heteroatoms. The first-order chi connectivity index (χ1) is 11.6. The lowest BCUT2D eigenvalue weighted by Gasteiger charge is -2.22. The summed E-state index contributed by atoms with van der Waals surface area (Å²) in [5, 5.41) is 2.79. The van der Waals surface area contributed by atoms with E-state index in [1.54, 1.807) is 11.0 Å². The van der Waals surface area contributed by atoms with Crippen LogP contribution in [0.4, 0.5) is 0 Å². The molecule has 1 aromatic heterocycles. The predicted octanol–water partition coefficient (Wildman–Crippen LogP) is 0.0975. The second kappa shape index (κ2) is 7.14. The van der Waals surface area contributed by atoms with Crippen molar-refractivity contribution in [2.75, 3.05) is 33.5 Å². The molecule has 0 bridgehead atoms. The van der Waals surface area contributed by atoms with Crippen LogP contribution >= 0.6 is 0 Å². The number of methoxy groups -OCH3 is 1. The first kappa shape index (κ1) is 16.7. The van der Waals surface area contributed by atoms with Crippen LogP contribution < -0.4 is 10.1 Å². The first-order valence-corrected chi connectivity index (χ1v) is 7.97. The van der Waals surface area contributed by atoms with Crippen LogP contribution in [0.3, 0.4) is 0 Å². The topological polar surface area (TPSA) is 90.0 Å². The highest BCUT2D eigenvalue weighted by Gasteiger charge is 2.29. The summed E-state index contributed by atoms with van der Waals surface area (Å²) in [5.41, 5.74) is 1.93. The van der Waals surface area contributed by atoms with E-state index in [1.807, 2.05) is 6.92 Å². The number of fused-ring (bicyclic) bond motifs is 1. The van der Waals surface area contributed by atoms with E-state index in [2.05, 4.69) is 10.3 Å². The summed E-state index contributed by atoms with van der Waals surface area (Å²) in [7, 11) is 1.52. The van der Waals surface area contributed by atoms with Crippen molar-refractivity contribution >= 4 is 11.8 Å². The molecule has 0 aromatic carbocycles. The number of pyridine rings is 1. The Morgan fingerprint density at radius 1 is 1.50 bits per heavy atom. The van der Waals surface area contributed by atoms with Crippen LogP contribution in [0.5, 0.6) is 5.88 Å². The summed E-state index contributed by atoms with van der Waals surface area (Å²) in [5.74, 6) is 0.124. The van der Waals surface area contributed by atoms with Crippen molar-refractivity contribution in [3.8, 4) is 5.88 Å². The van der Waals surface area contributed by atoms with Crippen LogP contribution in [0.25, 0.3) is 0 Å². The van der Waals surface area contributed by atoms with Crippen LogP contribution in [-0.2, 0) is 27.4 Å². The number of nitrogens with one attached hydrogen (secondary N) is 1. The number of carbonyl (C=O) groups excluding carboxylic acids is 2. The van der Waals surface area contributed by atoms with Crippen molar-refractivity contribution < 1.29 is 23.8 Å². The normalized spacial score (nSPS) is 20.0. The van der Waals surface area contributed by atoms with Crippen molar-refractivity contribution in [3.63, 3.8) is 0 Å². The first-order valence-electron chi connectivity index (χ1n) is 7.97. The third-order valence-electron chi connectivity index (χ3n) is 4.14. The third-order valence-corrected chi connectivity index (χ3v) is 4.14. The lowest BCUT2D eigenvalue weighted by molar-refractivity contribution is -0.147. The summed E-state index contributed by atoms with van der Waals surface area (Å²) in [4.78, 5) is 30.5. The Labute approximate surface area is 140 Å². The van der Waals surface area contributed by atoms with Gasteiger partial charge in [0.25, 0.3) is 11.8 Å². The van der Waals surface area contributed by atoms with Gasteiger partial charge in [0.05, 0.1) is 44.7 Å². The van der Waals surface area contributed by atoms with Gasteiger partial charge in [-0.25, -0.2) is 4.98 Å². The van der Waals surface area contributed by atoms with E-state index in [1.165, 1.54) is 7.11 Å². The molecule has 2 aliphatic heterocycles. The fourth-order valence-electron chi connectivity index (χ4n) is 2.80. The number of amides is 2. The zero-order valence-electron chi connectivity index (χ0n) is 13.8. The molecule has 0 unspecified atom stereocenters. The summed E-state index contributed by atoms with van der Waals surface area (Å²) in [6.07, 6.45) is -0.607. The Morgan fingerprint density at radius 2 is 2.33 bits per heavy atom. The summed E-state index contributed by atoms with van der Waals surface area (Å²) >= 11 is 0. The number of aromatic nitrogens is 1. The Morgan fingerprint density at radius 3 is 3.00 bits per heavy atom. The summed E-state index contributed by atoms with van der Waals surface area (Å²) in [6, 6.07) is 1.75. The third kappa shape index (κ3) is 3.20. The second-order valence-corrected chi connectivity index (χ2v) is 5.62. The van der Waals surface area contributed by atoms with Crippen molar-refractivity contribution in [3.05, 3.63) is 22.9 Å². The zero-order chi connectivity index (χ0) is 17.1. The van der Waals surface area contributed by atoms with Crippen LogP contribution in [-0.4, -0.2) is 61.3 Å². The van der Waals surface area contributed by atoms with E-state index >= 15 is 0 Å². The van der Waals surface area contributed by atoms with Gasteiger partial charge in [0.1, 0.15) is 0 Å². The Hall–Kier alpha value is -2.19. The highest BCUT2D eigenvalue weighted by molar-refractivity contribution is 5.98. The van der Waals surface area contributed by atoms with Gasteiger partial charge in [-0.2, -0.15) is 0 Å². The van der Waals surface area contributed by atoms with E-state index in [4.69, 9.17) is 14.2 Å². The van der Waals surface area contributed by atoms with Crippen molar-refractivity contribution in [2.45, 2.75) is 26.1 Å². The average molecular weight is 335 g/mol. The number of hydrogen-bond acceptors (Lipinski definition) is 6.